The monoisotopic (exact) mass is 393 g/mol. The third-order valence-corrected chi connectivity index (χ3v) is 4.08. The van der Waals surface area contributed by atoms with E-state index in [4.69, 9.17) is 11.6 Å². The van der Waals surface area contributed by atoms with Gasteiger partial charge in [-0.15, -0.1) is 0 Å². The van der Waals surface area contributed by atoms with E-state index in [1.54, 1.807) is 0 Å². The average molecular weight is 394 g/mol. The molecule has 0 radical (unpaired) electrons. The summed E-state index contributed by atoms with van der Waals surface area (Å²) < 4.78 is 38.6. The second-order valence-corrected chi connectivity index (χ2v) is 6.53. The van der Waals surface area contributed by atoms with Crippen LogP contribution in [0.3, 0.4) is 0 Å². The van der Waals surface area contributed by atoms with Gasteiger partial charge in [-0.3, -0.25) is 9.59 Å². The number of rotatable bonds is 5. The molecule has 1 aliphatic heterocycles. The molecule has 0 bridgehead atoms. The molecule has 0 N–H and O–H groups in total. The van der Waals surface area contributed by atoms with Crippen molar-refractivity contribution in [2.45, 2.75) is 19.0 Å². The van der Waals surface area contributed by atoms with Crippen molar-refractivity contribution < 1.29 is 22.8 Å². The number of aromatic nitrogens is 2. The van der Waals surface area contributed by atoms with Gasteiger partial charge in [0.2, 0.25) is 11.9 Å². The third kappa shape index (κ3) is 5.20. The first-order valence-electron chi connectivity index (χ1n) is 7.92. The summed E-state index contributed by atoms with van der Waals surface area (Å²) >= 11 is 5.94. The summed E-state index contributed by atoms with van der Waals surface area (Å²) in [6.45, 7) is -0.920. The lowest BCUT2D eigenvalue weighted by molar-refractivity contribution is -0.146. The minimum Gasteiger partial charge on any atom is -0.347 e. The normalized spacial score (nSPS) is 14.5. The van der Waals surface area contributed by atoms with Gasteiger partial charge in [0.1, 0.15) is 13.1 Å². The van der Waals surface area contributed by atoms with E-state index in [1.165, 1.54) is 20.3 Å². The molecule has 1 aliphatic rings. The first-order chi connectivity index (χ1) is 12.1. The molecule has 0 aliphatic carbocycles. The molecule has 1 aromatic heterocycles. The maximum atomic E-state index is 12.9. The Balaban J connectivity index is 2.31. The fourth-order valence-electron chi connectivity index (χ4n) is 2.45. The van der Waals surface area contributed by atoms with E-state index < -0.39 is 31.1 Å². The van der Waals surface area contributed by atoms with Gasteiger partial charge >= 0.3 is 6.18 Å². The Labute approximate surface area is 153 Å². The highest BCUT2D eigenvalue weighted by Crippen LogP contribution is 2.23. The Bertz CT molecular complexity index is 678. The van der Waals surface area contributed by atoms with E-state index in [9.17, 15) is 22.8 Å². The molecule has 2 heterocycles. The number of amides is 2. The Morgan fingerprint density at radius 3 is 2.42 bits per heavy atom. The Morgan fingerprint density at radius 2 is 1.88 bits per heavy atom. The van der Waals surface area contributed by atoms with Crippen molar-refractivity contribution in [2.75, 3.05) is 45.2 Å². The van der Waals surface area contributed by atoms with Gasteiger partial charge in [-0.05, 0) is 12.8 Å². The van der Waals surface area contributed by atoms with Gasteiger partial charge in [-0.25, -0.2) is 9.97 Å². The van der Waals surface area contributed by atoms with Crippen LogP contribution in [0.15, 0.2) is 6.20 Å². The Kier molecular flexibility index (Phi) is 6.27. The summed E-state index contributed by atoms with van der Waals surface area (Å²) in [6, 6.07) is 0. The van der Waals surface area contributed by atoms with E-state index in [0.29, 0.717) is 18.0 Å². The second-order valence-electron chi connectivity index (χ2n) is 6.13. The van der Waals surface area contributed by atoms with Gasteiger partial charge in [-0.1, -0.05) is 11.6 Å². The van der Waals surface area contributed by atoms with Gasteiger partial charge in [0.15, 0.2) is 5.69 Å². The van der Waals surface area contributed by atoms with Crippen molar-refractivity contribution in [1.82, 2.24) is 19.8 Å². The lowest BCUT2D eigenvalue weighted by Gasteiger charge is -2.25. The number of halogens is 4. The molecule has 1 saturated heterocycles. The lowest BCUT2D eigenvalue weighted by atomic mass is 10.3. The van der Waals surface area contributed by atoms with Crippen LogP contribution in [0.4, 0.5) is 19.1 Å². The maximum absolute atomic E-state index is 12.9. The Hall–Kier alpha value is -2.10. The molecule has 26 heavy (non-hydrogen) atoms. The Morgan fingerprint density at radius 1 is 1.27 bits per heavy atom. The van der Waals surface area contributed by atoms with Gasteiger partial charge in [0.05, 0.1) is 11.2 Å². The molecule has 0 spiro atoms. The summed E-state index contributed by atoms with van der Waals surface area (Å²) in [4.78, 5) is 35.9. The first kappa shape index (κ1) is 20.2. The number of anilines is 1. The molecule has 0 unspecified atom stereocenters. The molecule has 144 valence electrons. The third-order valence-electron chi connectivity index (χ3n) is 3.81. The van der Waals surface area contributed by atoms with Gasteiger partial charge in [-0.2, -0.15) is 13.2 Å². The highest BCUT2D eigenvalue weighted by Gasteiger charge is 2.36. The van der Waals surface area contributed by atoms with Gasteiger partial charge in [0.25, 0.3) is 5.91 Å². The number of alkyl halides is 3. The first-order valence-corrected chi connectivity index (χ1v) is 8.30. The molecule has 2 amide bonds. The highest BCUT2D eigenvalue weighted by atomic mass is 35.5. The van der Waals surface area contributed by atoms with E-state index in [1.807, 2.05) is 4.90 Å². The summed E-state index contributed by atoms with van der Waals surface area (Å²) in [6.07, 6.45) is -1.60. The van der Waals surface area contributed by atoms with Crippen LogP contribution in [0.2, 0.25) is 5.02 Å². The maximum Gasteiger partial charge on any atom is 0.406 e. The number of hydrogen-bond acceptors (Lipinski definition) is 5. The summed E-state index contributed by atoms with van der Waals surface area (Å²) in [7, 11) is 2.78. The van der Waals surface area contributed by atoms with E-state index >= 15 is 0 Å². The number of carbonyl (C=O) groups is 2. The average Bonchev–Trinajstić information content (AvgIpc) is 3.07. The van der Waals surface area contributed by atoms with Crippen LogP contribution >= 0.6 is 11.6 Å². The van der Waals surface area contributed by atoms with Crippen molar-refractivity contribution in [1.29, 1.82) is 0 Å². The smallest absolute Gasteiger partial charge is 0.347 e. The molecular formula is C15H19ClF3N5O2. The zero-order chi connectivity index (χ0) is 19.5. The van der Waals surface area contributed by atoms with Crippen LogP contribution in [0.1, 0.15) is 23.3 Å². The number of nitrogens with zero attached hydrogens (tertiary/aromatic N) is 5. The van der Waals surface area contributed by atoms with E-state index in [2.05, 4.69) is 9.97 Å². The van der Waals surface area contributed by atoms with Crippen LogP contribution in [0, 0.1) is 0 Å². The standard InChI is InChI=1S/C15H19ClF3N5O2/c1-22(2)11(25)8-24(9-15(17,18)19)13(26)12-10(16)7-20-14(21-12)23-5-3-4-6-23/h7H,3-6,8-9H2,1-2H3. The van der Waals surface area contributed by atoms with Crippen LogP contribution in [0.25, 0.3) is 0 Å². The molecular weight excluding hydrogens is 375 g/mol. The summed E-state index contributed by atoms with van der Waals surface area (Å²) in [5, 5.41) is -0.164. The van der Waals surface area contributed by atoms with Crippen LogP contribution in [0.5, 0.6) is 0 Å². The van der Waals surface area contributed by atoms with Crippen molar-refractivity contribution in [3.63, 3.8) is 0 Å². The fourth-order valence-corrected chi connectivity index (χ4v) is 2.62. The van der Waals surface area contributed by atoms with Gasteiger partial charge < -0.3 is 14.7 Å². The number of hydrogen-bond donors (Lipinski definition) is 0. The molecule has 0 aromatic carbocycles. The summed E-state index contributed by atoms with van der Waals surface area (Å²) in [5.74, 6) is -1.47. The predicted octanol–water partition coefficient (Wildman–Crippen LogP) is 1.82. The minimum absolute atomic E-state index is 0.164. The molecule has 0 saturated carbocycles. The lowest BCUT2D eigenvalue weighted by Crippen LogP contribution is -2.45. The summed E-state index contributed by atoms with van der Waals surface area (Å²) in [5.41, 5.74) is -0.348. The molecule has 2 rings (SSSR count). The SMILES string of the molecule is CN(C)C(=O)CN(CC(F)(F)F)C(=O)c1nc(N2CCCC2)ncc1Cl. The van der Waals surface area contributed by atoms with Crippen molar-refractivity contribution in [3.05, 3.63) is 16.9 Å². The topological polar surface area (TPSA) is 69.6 Å². The molecule has 1 aromatic rings. The van der Waals surface area contributed by atoms with Crippen molar-refractivity contribution in [3.8, 4) is 0 Å². The molecule has 1 fully saturated rings. The molecule has 0 atom stereocenters. The van der Waals surface area contributed by atoms with E-state index in [-0.39, 0.29) is 16.7 Å². The highest BCUT2D eigenvalue weighted by molar-refractivity contribution is 6.33. The van der Waals surface area contributed by atoms with Crippen LogP contribution < -0.4 is 4.90 Å². The second kappa shape index (κ2) is 8.07. The van der Waals surface area contributed by atoms with Gasteiger partial charge in [0, 0.05) is 27.2 Å². The minimum atomic E-state index is -4.67. The quantitative estimate of drug-likeness (QED) is 0.763. The number of likely N-dealkylation sites (N-methyl/N-ethyl adjacent to an activating group) is 1. The largest absolute Gasteiger partial charge is 0.406 e. The fraction of sp³-hybridized carbons (Fsp3) is 0.600. The zero-order valence-electron chi connectivity index (χ0n) is 14.4. The number of carbonyl (C=O) groups excluding carboxylic acids is 2. The van der Waals surface area contributed by atoms with Crippen LogP contribution in [-0.2, 0) is 4.79 Å². The van der Waals surface area contributed by atoms with Crippen molar-refractivity contribution >= 4 is 29.4 Å². The van der Waals surface area contributed by atoms with Crippen molar-refractivity contribution in [2.24, 2.45) is 0 Å². The van der Waals surface area contributed by atoms with Crippen LogP contribution in [-0.4, -0.2) is 78.0 Å². The van der Waals surface area contributed by atoms with E-state index in [0.717, 1.165) is 17.7 Å². The molecule has 11 heteroatoms. The molecule has 7 nitrogen and oxygen atoms in total. The predicted molar refractivity (Wildman–Crippen MR) is 89.1 cm³/mol. The zero-order valence-corrected chi connectivity index (χ0v) is 15.1.